The predicted molar refractivity (Wildman–Crippen MR) is 69.4 cm³/mol. The van der Waals surface area contributed by atoms with E-state index in [1.807, 2.05) is 18.6 Å². The minimum atomic E-state index is -3.87. The smallest absolute Gasteiger partial charge is 0.328 e. The zero-order valence-electron chi connectivity index (χ0n) is 10.3. The first kappa shape index (κ1) is 14.3. The van der Waals surface area contributed by atoms with Gasteiger partial charge >= 0.3 is 6.03 Å². The van der Waals surface area contributed by atoms with Crippen LogP contribution in [0, 0.1) is 5.92 Å². The standard InChI is InChI=1S/C11H17N3O3S/c1-8(2)7-13-11(15)14-18(16,17)10-5-3-4-9(12)6-10/h3-6,8H,7,12H2,1-2H3,(H2,13,14,15). The molecular weight excluding hydrogens is 254 g/mol. The molecule has 0 aliphatic rings. The van der Waals surface area contributed by atoms with Gasteiger partial charge in [0.25, 0.3) is 10.0 Å². The van der Waals surface area contributed by atoms with Gasteiger partial charge in [0, 0.05) is 12.2 Å². The van der Waals surface area contributed by atoms with Crippen LogP contribution < -0.4 is 15.8 Å². The van der Waals surface area contributed by atoms with Gasteiger partial charge in [-0.25, -0.2) is 17.9 Å². The van der Waals surface area contributed by atoms with Crippen molar-refractivity contribution in [3.05, 3.63) is 24.3 Å². The maximum atomic E-state index is 11.8. The second-order valence-electron chi connectivity index (χ2n) is 4.28. The fourth-order valence-electron chi connectivity index (χ4n) is 1.20. The second kappa shape index (κ2) is 5.72. The van der Waals surface area contributed by atoms with Gasteiger partial charge in [-0.15, -0.1) is 0 Å². The normalized spacial score (nSPS) is 11.3. The number of nitrogens with two attached hydrogens (primary N) is 1. The molecule has 0 saturated carbocycles. The van der Waals surface area contributed by atoms with E-state index in [0.29, 0.717) is 12.2 Å². The molecule has 6 nitrogen and oxygen atoms in total. The van der Waals surface area contributed by atoms with Crippen molar-refractivity contribution in [1.29, 1.82) is 0 Å². The molecule has 7 heteroatoms. The highest BCUT2D eigenvalue weighted by Gasteiger charge is 2.17. The van der Waals surface area contributed by atoms with Crippen molar-refractivity contribution in [3.63, 3.8) is 0 Å². The molecule has 0 spiro atoms. The van der Waals surface area contributed by atoms with E-state index in [0.717, 1.165) is 0 Å². The lowest BCUT2D eigenvalue weighted by Crippen LogP contribution is -2.40. The Labute approximate surface area is 107 Å². The Morgan fingerprint density at radius 3 is 2.61 bits per heavy atom. The minimum Gasteiger partial charge on any atom is -0.399 e. The molecule has 0 aliphatic heterocycles. The fraction of sp³-hybridized carbons (Fsp3) is 0.364. The van der Waals surface area contributed by atoms with E-state index in [9.17, 15) is 13.2 Å². The molecule has 4 N–H and O–H groups in total. The lowest BCUT2D eigenvalue weighted by Gasteiger charge is -2.10. The molecule has 1 rings (SSSR count). The van der Waals surface area contributed by atoms with Crippen LogP contribution in [0.3, 0.4) is 0 Å². The number of amides is 2. The minimum absolute atomic E-state index is 0.0396. The number of carbonyl (C=O) groups is 1. The molecule has 0 heterocycles. The first-order chi connectivity index (χ1) is 8.31. The topological polar surface area (TPSA) is 101 Å². The maximum Gasteiger partial charge on any atom is 0.328 e. The third-order valence-electron chi connectivity index (χ3n) is 2.07. The summed E-state index contributed by atoms with van der Waals surface area (Å²) < 4.78 is 25.5. The van der Waals surface area contributed by atoms with Crippen molar-refractivity contribution < 1.29 is 13.2 Å². The van der Waals surface area contributed by atoms with Crippen LogP contribution in [0.25, 0.3) is 0 Å². The fourth-order valence-corrected chi connectivity index (χ4v) is 2.18. The van der Waals surface area contributed by atoms with Crippen LogP contribution in [0.15, 0.2) is 29.2 Å². The Kier molecular flexibility index (Phi) is 4.55. The van der Waals surface area contributed by atoms with Crippen molar-refractivity contribution in [2.75, 3.05) is 12.3 Å². The van der Waals surface area contributed by atoms with Crippen molar-refractivity contribution in [3.8, 4) is 0 Å². The highest BCUT2D eigenvalue weighted by molar-refractivity contribution is 7.90. The molecule has 0 unspecified atom stereocenters. The summed E-state index contributed by atoms with van der Waals surface area (Å²) in [5.41, 5.74) is 5.81. The average Bonchev–Trinajstić information content (AvgIpc) is 2.26. The number of nitrogens with one attached hydrogen (secondary N) is 2. The van der Waals surface area contributed by atoms with E-state index in [-0.39, 0.29) is 10.8 Å². The SMILES string of the molecule is CC(C)CNC(=O)NS(=O)(=O)c1cccc(N)c1. The molecule has 0 radical (unpaired) electrons. The van der Waals surface area contributed by atoms with E-state index < -0.39 is 16.1 Å². The number of hydrogen-bond acceptors (Lipinski definition) is 4. The van der Waals surface area contributed by atoms with Crippen molar-refractivity contribution in [2.24, 2.45) is 5.92 Å². The lowest BCUT2D eigenvalue weighted by atomic mass is 10.2. The zero-order chi connectivity index (χ0) is 13.8. The van der Waals surface area contributed by atoms with E-state index in [1.165, 1.54) is 18.2 Å². The summed E-state index contributed by atoms with van der Waals surface area (Å²) in [5, 5.41) is 2.46. The number of carbonyl (C=O) groups excluding carboxylic acids is 1. The Morgan fingerprint density at radius 1 is 1.39 bits per heavy atom. The van der Waals surface area contributed by atoms with Crippen molar-refractivity contribution in [2.45, 2.75) is 18.7 Å². The molecule has 0 atom stereocenters. The predicted octanol–water partition coefficient (Wildman–Crippen LogP) is 0.913. The maximum absolute atomic E-state index is 11.8. The van der Waals surface area contributed by atoms with Gasteiger partial charge < -0.3 is 11.1 Å². The molecule has 0 bridgehead atoms. The van der Waals surface area contributed by atoms with Crippen LogP contribution in [-0.2, 0) is 10.0 Å². The number of urea groups is 1. The number of benzene rings is 1. The van der Waals surface area contributed by atoms with Gasteiger partial charge in [0.2, 0.25) is 0 Å². The van der Waals surface area contributed by atoms with Crippen molar-refractivity contribution in [1.82, 2.24) is 10.0 Å². The van der Waals surface area contributed by atoms with Crippen LogP contribution in [0.1, 0.15) is 13.8 Å². The van der Waals surface area contributed by atoms with Crippen molar-refractivity contribution >= 4 is 21.7 Å². The Bertz CT molecular complexity index is 526. The van der Waals surface area contributed by atoms with Gasteiger partial charge in [0.1, 0.15) is 0 Å². The molecule has 1 aromatic rings. The molecule has 0 saturated heterocycles. The first-order valence-corrected chi connectivity index (χ1v) is 6.96. The molecular formula is C11H17N3O3S. The van der Waals surface area contributed by atoms with E-state index in [4.69, 9.17) is 5.73 Å². The van der Waals surface area contributed by atoms with Crippen LogP contribution in [-0.4, -0.2) is 21.0 Å². The average molecular weight is 271 g/mol. The van der Waals surface area contributed by atoms with Crippen LogP contribution in [0.5, 0.6) is 0 Å². The first-order valence-electron chi connectivity index (χ1n) is 5.47. The number of sulfonamides is 1. The summed E-state index contributed by atoms with van der Waals surface area (Å²) in [6.45, 7) is 4.22. The molecule has 0 fully saturated rings. The van der Waals surface area contributed by atoms with Gasteiger partial charge in [0.15, 0.2) is 0 Å². The summed E-state index contributed by atoms with van der Waals surface area (Å²) in [5.74, 6) is 0.242. The van der Waals surface area contributed by atoms with Gasteiger partial charge in [-0.1, -0.05) is 19.9 Å². The Hall–Kier alpha value is -1.76. The highest BCUT2D eigenvalue weighted by Crippen LogP contribution is 2.12. The van der Waals surface area contributed by atoms with Gasteiger partial charge in [-0.2, -0.15) is 0 Å². The third kappa shape index (κ3) is 4.25. The summed E-state index contributed by atoms with van der Waals surface area (Å²) in [6.07, 6.45) is 0. The molecule has 18 heavy (non-hydrogen) atoms. The Morgan fingerprint density at radius 2 is 2.06 bits per heavy atom. The number of anilines is 1. The second-order valence-corrected chi connectivity index (χ2v) is 5.96. The van der Waals surface area contributed by atoms with Gasteiger partial charge in [-0.05, 0) is 24.1 Å². The monoisotopic (exact) mass is 271 g/mol. The summed E-state index contributed by atoms with van der Waals surface area (Å²) >= 11 is 0. The van der Waals surface area contributed by atoms with E-state index >= 15 is 0 Å². The number of rotatable bonds is 4. The third-order valence-corrected chi connectivity index (χ3v) is 3.39. The zero-order valence-corrected chi connectivity index (χ0v) is 11.1. The summed E-state index contributed by atoms with van der Waals surface area (Å²) in [6, 6.07) is 4.99. The largest absolute Gasteiger partial charge is 0.399 e. The summed E-state index contributed by atoms with van der Waals surface area (Å²) in [4.78, 5) is 11.3. The molecule has 0 aliphatic carbocycles. The highest BCUT2D eigenvalue weighted by atomic mass is 32.2. The number of hydrogen-bond donors (Lipinski definition) is 3. The number of nitrogen functional groups attached to an aromatic ring is 1. The van der Waals surface area contributed by atoms with Crippen LogP contribution >= 0.6 is 0 Å². The summed E-state index contributed by atoms with van der Waals surface area (Å²) in [7, 11) is -3.87. The van der Waals surface area contributed by atoms with Gasteiger partial charge in [0.05, 0.1) is 4.90 Å². The lowest BCUT2D eigenvalue weighted by molar-refractivity contribution is 0.244. The molecule has 0 aromatic heterocycles. The van der Waals surface area contributed by atoms with Crippen LogP contribution in [0.4, 0.5) is 10.5 Å². The van der Waals surface area contributed by atoms with Crippen LogP contribution in [0.2, 0.25) is 0 Å². The quantitative estimate of drug-likeness (QED) is 0.708. The van der Waals surface area contributed by atoms with E-state index in [2.05, 4.69) is 5.32 Å². The molecule has 2 amide bonds. The Balaban J connectivity index is 2.74. The van der Waals surface area contributed by atoms with Gasteiger partial charge in [-0.3, -0.25) is 0 Å². The molecule has 1 aromatic carbocycles. The van der Waals surface area contributed by atoms with E-state index in [1.54, 1.807) is 6.07 Å². The molecule has 100 valence electrons.